The van der Waals surface area contributed by atoms with E-state index in [0.717, 1.165) is 54.0 Å². The molecule has 8 heteroatoms. The molecule has 0 bridgehead atoms. The number of anilines is 1. The summed E-state index contributed by atoms with van der Waals surface area (Å²) in [5.41, 5.74) is 4.52. The molecule has 1 amide bonds. The standard InChI is InChI=1S/C21H22N4O2S2/c26-21(18-3-1-2-4-19(18)29-14-17-13-28-15-24-17)23-12-16-5-6-20(22-11-16)25-7-9-27-10-8-25/h1-6,11,13,15H,7-10,12,14H2,(H,23,26). The number of benzene rings is 1. The zero-order chi connectivity index (χ0) is 19.9. The lowest BCUT2D eigenvalue weighted by Crippen LogP contribution is -2.36. The van der Waals surface area contributed by atoms with Crippen molar-refractivity contribution in [3.05, 3.63) is 70.3 Å². The minimum absolute atomic E-state index is 0.0800. The quantitative estimate of drug-likeness (QED) is 0.583. The molecule has 3 heterocycles. The summed E-state index contributed by atoms with van der Waals surface area (Å²) in [6.45, 7) is 3.63. The third-order valence-corrected chi connectivity index (χ3v) is 6.33. The molecule has 1 saturated heterocycles. The largest absolute Gasteiger partial charge is 0.378 e. The van der Waals surface area contributed by atoms with Crippen molar-refractivity contribution in [3.8, 4) is 0 Å². The van der Waals surface area contributed by atoms with Crippen LogP contribution in [0.5, 0.6) is 0 Å². The highest BCUT2D eigenvalue weighted by Crippen LogP contribution is 2.26. The Hall–Kier alpha value is -2.42. The summed E-state index contributed by atoms with van der Waals surface area (Å²) >= 11 is 3.21. The molecule has 6 nitrogen and oxygen atoms in total. The number of amides is 1. The Bertz CT molecular complexity index is 926. The molecule has 1 aliphatic rings. The van der Waals surface area contributed by atoms with E-state index >= 15 is 0 Å². The number of aromatic nitrogens is 2. The topological polar surface area (TPSA) is 67.4 Å². The molecule has 3 aromatic rings. The second-order valence-corrected chi connectivity index (χ2v) is 8.31. The van der Waals surface area contributed by atoms with Crippen molar-refractivity contribution in [2.24, 2.45) is 0 Å². The maximum Gasteiger partial charge on any atom is 0.252 e. The van der Waals surface area contributed by atoms with E-state index in [4.69, 9.17) is 4.74 Å². The first-order chi connectivity index (χ1) is 14.3. The minimum Gasteiger partial charge on any atom is -0.378 e. The number of nitrogens with one attached hydrogen (secondary N) is 1. The van der Waals surface area contributed by atoms with Gasteiger partial charge in [-0.2, -0.15) is 0 Å². The SMILES string of the molecule is O=C(NCc1ccc(N2CCOCC2)nc1)c1ccccc1SCc1cscn1. The minimum atomic E-state index is -0.0800. The first kappa shape index (κ1) is 19.9. The van der Waals surface area contributed by atoms with Crippen molar-refractivity contribution < 1.29 is 9.53 Å². The van der Waals surface area contributed by atoms with E-state index in [9.17, 15) is 4.79 Å². The van der Waals surface area contributed by atoms with Crippen LogP contribution in [0.1, 0.15) is 21.6 Å². The van der Waals surface area contributed by atoms with E-state index in [-0.39, 0.29) is 5.91 Å². The fraction of sp³-hybridized carbons (Fsp3) is 0.286. The molecule has 1 N–H and O–H groups in total. The Morgan fingerprint density at radius 3 is 2.79 bits per heavy atom. The molecular weight excluding hydrogens is 404 g/mol. The van der Waals surface area contributed by atoms with Crippen LogP contribution >= 0.6 is 23.1 Å². The average molecular weight is 427 g/mol. The van der Waals surface area contributed by atoms with Gasteiger partial charge in [-0.25, -0.2) is 9.97 Å². The fourth-order valence-corrected chi connectivity index (χ4v) is 4.64. The second-order valence-electron chi connectivity index (χ2n) is 6.57. The number of carbonyl (C=O) groups is 1. The highest BCUT2D eigenvalue weighted by atomic mass is 32.2. The lowest BCUT2D eigenvalue weighted by Gasteiger charge is -2.27. The van der Waals surface area contributed by atoms with Crippen molar-refractivity contribution in [1.29, 1.82) is 0 Å². The van der Waals surface area contributed by atoms with Crippen molar-refractivity contribution in [1.82, 2.24) is 15.3 Å². The molecule has 0 aliphatic carbocycles. The lowest BCUT2D eigenvalue weighted by molar-refractivity contribution is 0.0948. The molecule has 0 atom stereocenters. The van der Waals surface area contributed by atoms with Gasteiger partial charge in [0.15, 0.2) is 0 Å². The lowest BCUT2D eigenvalue weighted by atomic mass is 10.2. The van der Waals surface area contributed by atoms with Crippen molar-refractivity contribution >= 4 is 34.8 Å². The Labute approximate surface area is 178 Å². The summed E-state index contributed by atoms with van der Waals surface area (Å²) in [6.07, 6.45) is 1.83. The van der Waals surface area contributed by atoms with E-state index < -0.39 is 0 Å². The van der Waals surface area contributed by atoms with E-state index in [1.807, 2.05) is 53.5 Å². The van der Waals surface area contributed by atoms with E-state index in [0.29, 0.717) is 12.1 Å². The fourth-order valence-electron chi connectivity index (χ4n) is 3.02. The van der Waals surface area contributed by atoms with Crippen LogP contribution < -0.4 is 10.2 Å². The Kier molecular flexibility index (Phi) is 6.76. The molecule has 29 heavy (non-hydrogen) atoms. The van der Waals surface area contributed by atoms with E-state index in [2.05, 4.69) is 20.2 Å². The van der Waals surface area contributed by atoms with Gasteiger partial charge in [-0.15, -0.1) is 23.1 Å². The first-order valence-corrected chi connectivity index (χ1v) is 11.4. The first-order valence-electron chi connectivity index (χ1n) is 9.44. The number of morpholine rings is 1. The molecule has 1 aliphatic heterocycles. The summed E-state index contributed by atoms with van der Waals surface area (Å²) in [6, 6.07) is 11.7. The molecule has 1 fully saturated rings. The number of pyridine rings is 1. The summed E-state index contributed by atoms with van der Waals surface area (Å²) in [5, 5.41) is 5.04. The van der Waals surface area contributed by atoms with Gasteiger partial charge in [-0.05, 0) is 23.8 Å². The third-order valence-electron chi connectivity index (χ3n) is 4.59. The molecular formula is C21H22N4O2S2. The third kappa shape index (κ3) is 5.35. The van der Waals surface area contributed by atoms with Gasteiger partial charge in [0.05, 0.1) is 30.0 Å². The van der Waals surface area contributed by atoms with Crippen LogP contribution in [0.4, 0.5) is 5.82 Å². The van der Waals surface area contributed by atoms with Crippen LogP contribution in [0.25, 0.3) is 0 Å². The molecule has 150 valence electrons. The highest BCUT2D eigenvalue weighted by molar-refractivity contribution is 7.98. The van der Waals surface area contributed by atoms with Crippen molar-refractivity contribution in [3.63, 3.8) is 0 Å². The zero-order valence-electron chi connectivity index (χ0n) is 15.9. The van der Waals surface area contributed by atoms with Gasteiger partial charge in [0.25, 0.3) is 5.91 Å². The van der Waals surface area contributed by atoms with Crippen LogP contribution in [0.15, 0.2) is 58.4 Å². The molecule has 0 radical (unpaired) electrons. The van der Waals surface area contributed by atoms with Gasteiger partial charge in [0.1, 0.15) is 5.82 Å². The van der Waals surface area contributed by atoms with E-state index in [1.54, 1.807) is 23.1 Å². The monoisotopic (exact) mass is 426 g/mol. The van der Waals surface area contributed by atoms with Crippen LogP contribution in [0, 0.1) is 0 Å². The van der Waals surface area contributed by atoms with Crippen LogP contribution in [-0.4, -0.2) is 42.2 Å². The van der Waals surface area contributed by atoms with Gasteiger partial charge >= 0.3 is 0 Å². The molecule has 0 unspecified atom stereocenters. The number of thiazole rings is 1. The number of hydrogen-bond donors (Lipinski definition) is 1. The number of hydrogen-bond acceptors (Lipinski definition) is 7. The Balaban J connectivity index is 1.34. The smallest absolute Gasteiger partial charge is 0.252 e. The zero-order valence-corrected chi connectivity index (χ0v) is 17.5. The molecule has 0 saturated carbocycles. The van der Waals surface area contributed by atoms with Gasteiger partial charge in [0, 0.05) is 41.9 Å². The highest BCUT2D eigenvalue weighted by Gasteiger charge is 2.14. The summed E-state index contributed by atoms with van der Waals surface area (Å²) in [5.74, 6) is 1.62. The van der Waals surface area contributed by atoms with Crippen molar-refractivity contribution in [2.45, 2.75) is 17.2 Å². The Morgan fingerprint density at radius 1 is 1.17 bits per heavy atom. The second kappa shape index (κ2) is 9.87. The normalized spacial score (nSPS) is 14.0. The van der Waals surface area contributed by atoms with Gasteiger partial charge in [-0.3, -0.25) is 4.79 Å². The summed E-state index contributed by atoms with van der Waals surface area (Å²) in [4.78, 5) is 24.7. The van der Waals surface area contributed by atoms with Crippen molar-refractivity contribution in [2.75, 3.05) is 31.2 Å². The van der Waals surface area contributed by atoms with Gasteiger partial charge in [-0.1, -0.05) is 18.2 Å². The molecule has 0 spiro atoms. The molecule has 4 rings (SSSR count). The van der Waals surface area contributed by atoms with Crippen LogP contribution in [0.3, 0.4) is 0 Å². The van der Waals surface area contributed by atoms with E-state index in [1.165, 1.54) is 0 Å². The molecule has 2 aromatic heterocycles. The number of thioether (sulfide) groups is 1. The average Bonchev–Trinajstić information content (AvgIpc) is 3.31. The van der Waals surface area contributed by atoms with Gasteiger partial charge in [0.2, 0.25) is 0 Å². The maximum atomic E-state index is 12.7. The number of nitrogens with zero attached hydrogens (tertiary/aromatic N) is 3. The predicted molar refractivity (Wildman–Crippen MR) is 117 cm³/mol. The van der Waals surface area contributed by atoms with Crippen LogP contribution in [-0.2, 0) is 17.0 Å². The van der Waals surface area contributed by atoms with Crippen LogP contribution in [0.2, 0.25) is 0 Å². The summed E-state index contributed by atoms with van der Waals surface area (Å²) < 4.78 is 5.38. The number of carbonyl (C=O) groups excluding carboxylic acids is 1. The number of rotatable bonds is 7. The number of ether oxygens (including phenoxy) is 1. The predicted octanol–water partition coefficient (Wildman–Crippen LogP) is 3.60. The molecule has 1 aromatic carbocycles. The maximum absolute atomic E-state index is 12.7. The Morgan fingerprint density at radius 2 is 2.03 bits per heavy atom. The van der Waals surface area contributed by atoms with Gasteiger partial charge < -0.3 is 15.0 Å². The summed E-state index contributed by atoms with van der Waals surface area (Å²) in [7, 11) is 0.